The van der Waals surface area contributed by atoms with Gasteiger partial charge in [0.1, 0.15) is 19.8 Å². The lowest BCUT2D eigenvalue weighted by atomic mass is 10.1. The second-order valence-electron chi connectivity index (χ2n) is 6.91. The Kier molecular flexibility index (Phi) is 6.34. The summed E-state index contributed by atoms with van der Waals surface area (Å²) in [7, 11) is 0. The number of benzene rings is 2. The van der Waals surface area contributed by atoms with E-state index in [9.17, 15) is 9.59 Å². The first-order chi connectivity index (χ1) is 15.0. The lowest BCUT2D eigenvalue weighted by molar-refractivity contribution is -0.147. The molecule has 0 bridgehead atoms. The van der Waals surface area contributed by atoms with Crippen LogP contribution in [0.15, 0.2) is 47.8 Å². The molecule has 0 atom stereocenters. The summed E-state index contributed by atoms with van der Waals surface area (Å²) in [5.74, 6) is 0.210. The number of anilines is 1. The van der Waals surface area contributed by atoms with Crippen molar-refractivity contribution in [1.29, 1.82) is 0 Å². The number of nitrogens with zero attached hydrogens (tertiary/aromatic N) is 1. The van der Waals surface area contributed by atoms with Crippen LogP contribution in [-0.4, -0.2) is 36.3 Å². The maximum atomic E-state index is 12.3. The number of esters is 1. The number of rotatable bonds is 6. The average molecular weight is 457 g/mol. The van der Waals surface area contributed by atoms with Crippen LogP contribution in [0.25, 0.3) is 11.3 Å². The summed E-state index contributed by atoms with van der Waals surface area (Å²) in [6.07, 6.45) is 0. The van der Waals surface area contributed by atoms with Crippen LogP contribution in [0.4, 0.5) is 5.69 Å². The molecule has 160 valence electrons. The van der Waals surface area contributed by atoms with E-state index < -0.39 is 18.5 Å². The predicted octanol–water partition coefficient (Wildman–Crippen LogP) is 4.21. The second-order valence-corrected chi connectivity index (χ2v) is 8.41. The molecule has 1 aliphatic heterocycles. The molecule has 0 saturated carbocycles. The van der Waals surface area contributed by atoms with Gasteiger partial charge in [-0.25, -0.2) is 0 Å². The molecule has 0 aliphatic carbocycles. The van der Waals surface area contributed by atoms with Crippen molar-refractivity contribution in [3.63, 3.8) is 0 Å². The number of hydrogen-bond donors (Lipinski definition) is 1. The molecule has 3 aromatic rings. The molecular weight excluding hydrogens is 436 g/mol. The first-order valence-corrected chi connectivity index (χ1v) is 10.9. The fraction of sp³-hybridized carbons (Fsp3) is 0.227. The number of thiazole rings is 1. The highest BCUT2D eigenvalue weighted by Crippen LogP contribution is 2.32. The van der Waals surface area contributed by atoms with Gasteiger partial charge < -0.3 is 24.1 Å². The third kappa shape index (κ3) is 5.12. The topological polar surface area (TPSA) is 78.8 Å². The standard InChI is InChI=1S/C22H20N2O5S2/c1-14-2-4-15(5-3-14)17-13-31-22(30)24(17)11-21(26)29-12-20(25)23-16-6-7-18-19(10-16)28-9-8-27-18/h2-7,10,13H,8-9,11-12H2,1H3,(H,23,25). The minimum absolute atomic E-state index is 0.0666. The van der Waals surface area contributed by atoms with E-state index >= 15 is 0 Å². The lowest BCUT2D eigenvalue weighted by Crippen LogP contribution is -2.23. The van der Waals surface area contributed by atoms with Gasteiger partial charge in [0.25, 0.3) is 5.91 Å². The Balaban J connectivity index is 1.34. The maximum Gasteiger partial charge on any atom is 0.326 e. The molecule has 4 rings (SSSR count). The van der Waals surface area contributed by atoms with Crippen molar-refractivity contribution in [3.8, 4) is 22.8 Å². The molecule has 0 unspecified atom stereocenters. The minimum Gasteiger partial charge on any atom is -0.486 e. The quantitative estimate of drug-likeness (QED) is 0.442. The zero-order valence-electron chi connectivity index (χ0n) is 16.8. The van der Waals surface area contributed by atoms with Crippen LogP contribution in [-0.2, 0) is 20.9 Å². The van der Waals surface area contributed by atoms with Crippen molar-refractivity contribution >= 4 is 41.1 Å². The van der Waals surface area contributed by atoms with E-state index in [-0.39, 0.29) is 6.54 Å². The number of carbonyl (C=O) groups excluding carboxylic acids is 2. The van der Waals surface area contributed by atoms with Crippen LogP contribution in [0.3, 0.4) is 0 Å². The van der Waals surface area contributed by atoms with E-state index in [1.54, 1.807) is 22.8 Å². The van der Waals surface area contributed by atoms with Crippen LogP contribution >= 0.6 is 23.6 Å². The third-order valence-corrected chi connectivity index (χ3v) is 5.88. The Bertz CT molecular complexity index is 1170. The van der Waals surface area contributed by atoms with E-state index in [1.807, 2.05) is 36.6 Å². The molecular formula is C22H20N2O5S2. The van der Waals surface area contributed by atoms with E-state index in [2.05, 4.69) is 5.32 Å². The molecule has 0 spiro atoms. The SMILES string of the molecule is Cc1ccc(-c2csc(=S)n2CC(=O)OCC(=O)Nc2ccc3c(c2)OCCO3)cc1. The van der Waals surface area contributed by atoms with Gasteiger partial charge in [-0.2, -0.15) is 0 Å². The number of amides is 1. The summed E-state index contributed by atoms with van der Waals surface area (Å²) < 4.78 is 18.4. The Hall–Kier alpha value is -3.17. The summed E-state index contributed by atoms with van der Waals surface area (Å²) in [5.41, 5.74) is 3.48. The molecule has 1 amide bonds. The summed E-state index contributed by atoms with van der Waals surface area (Å²) in [6, 6.07) is 13.1. The smallest absolute Gasteiger partial charge is 0.326 e. The molecule has 0 fully saturated rings. The molecule has 2 heterocycles. The van der Waals surface area contributed by atoms with Crippen LogP contribution in [0.5, 0.6) is 11.5 Å². The van der Waals surface area contributed by atoms with Gasteiger partial charge in [-0.1, -0.05) is 29.8 Å². The first-order valence-electron chi connectivity index (χ1n) is 9.60. The number of aryl methyl sites for hydroxylation is 1. The van der Waals surface area contributed by atoms with Crippen LogP contribution in [0, 0.1) is 10.9 Å². The summed E-state index contributed by atoms with van der Waals surface area (Å²) in [5, 5.41) is 4.59. The van der Waals surface area contributed by atoms with E-state index in [0.29, 0.717) is 34.4 Å². The van der Waals surface area contributed by atoms with Crippen LogP contribution in [0.2, 0.25) is 0 Å². The molecule has 9 heteroatoms. The van der Waals surface area contributed by atoms with E-state index in [1.165, 1.54) is 11.3 Å². The van der Waals surface area contributed by atoms with Gasteiger partial charge in [-0.05, 0) is 36.8 Å². The van der Waals surface area contributed by atoms with Gasteiger partial charge in [0.15, 0.2) is 22.1 Å². The molecule has 31 heavy (non-hydrogen) atoms. The fourth-order valence-electron chi connectivity index (χ4n) is 3.07. The van der Waals surface area contributed by atoms with Gasteiger partial charge in [-0.15, -0.1) is 11.3 Å². The molecule has 1 N–H and O–H groups in total. The number of aromatic nitrogens is 1. The number of nitrogens with one attached hydrogen (secondary N) is 1. The highest BCUT2D eigenvalue weighted by Gasteiger charge is 2.15. The fourth-order valence-corrected chi connectivity index (χ4v) is 4.14. The van der Waals surface area contributed by atoms with Crippen molar-refractivity contribution in [2.24, 2.45) is 0 Å². The van der Waals surface area contributed by atoms with Crippen molar-refractivity contribution in [3.05, 3.63) is 57.4 Å². The highest BCUT2D eigenvalue weighted by molar-refractivity contribution is 7.73. The number of carbonyl (C=O) groups is 2. The Morgan fingerprint density at radius 1 is 1.13 bits per heavy atom. The predicted molar refractivity (Wildman–Crippen MR) is 120 cm³/mol. The number of hydrogen-bond acceptors (Lipinski definition) is 7. The molecule has 0 radical (unpaired) electrons. The van der Waals surface area contributed by atoms with Gasteiger partial charge in [0.05, 0.1) is 5.69 Å². The largest absolute Gasteiger partial charge is 0.486 e. The van der Waals surface area contributed by atoms with Crippen molar-refractivity contribution in [2.75, 3.05) is 25.1 Å². The van der Waals surface area contributed by atoms with Crippen molar-refractivity contribution in [2.45, 2.75) is 13.5 Å². The second kappa shape index (κ2) is 9.32. The molecule has 1 aliphatic rings. The van der Waals surface area contributed by atoms with Gasteiger partial charge in [0.2, 0.25) is 0 Å². The lowest BCUT2D eigenvalue weighted by Gasteiger charge is -2.19. The minimum atomic E-state index is -0.541. The molecule has 2 aromatic carbocycles. The Morgan fingerprint density at radius 3 is 2.65 bits per heavy atom. The number of fused-ring (bicyclic) bond motifs is 1. The third-order valence-electron chi connectivity index (χ3n) is 4.61. The summed E-state index contributed by atoms with van der Waals surface area (Å²) in [4.78, 5) is 24.5. The number of ether oxygens (including phenoxy) is 3. The van der Waals surface area contributed by atoms with E-state index in [4.69, 9.17) is 26.4 Å². The summed E-state index contributed by atoms with van der Waals surface area (Å²) in [6.45, 7) is 2.50. The first kappa shape index (κ1) is 21.1. The van der Waals surface area contributed by atoms with Crippen LogP contribution in [0.1, 0.15) is 5.56 Å². The Morgan fingerprint density at radius 2 is 1.87 bits per heavy atom. The molecule has 1 aromatic heterocycles. The van der Waals surface area contributed by atoms with E-state index in [0.717, 1.165) is 16.8 Å². The average Bonchev–Trinajstić information content (AvgIpc) is 3.13. The van der Waals surface area contributed by atoms with Gasteiger partial charge >= 0.3 is 5.97 Å². The summed E-state index contributed by atoms with van der Waals surface area (Å²) >= 11 is 6.74. The highest BCUT2D eigenvalue weighted by atomic mass is 32.1. The monoisotopic (exact) mass is 456 g/mol. The zero-order chi connectivity index (χ0) is 21.8. The van der Waals surface area contributed by atoms with Gasteiger partial charge in [-0.3, -0.25) is 9.59 Å². The zero-order valence-corrected chi connectivity index (χ0v) is 18.4. The maximum absolute atomic E-state index is 12.3. The van der Waals surface area contributed by atoms with Crippen molar-refractivity contribution < 1.29 is 23.8 Å². The van der Waals surface area contributed by atoms with Crippen LogP contribution < -0.4 is 14.8 Å². The normalized spacial score (nSPS) is 12.3. The Labute approximate surface area is 188 Å². The van der Waals surface area contributed by atoms with Gasteiger partial charge in [0, 0.05) is 17.1 Å². The molecule has 7 nitrogen and oxygen atoms in total. The van der Waals surface area contributed by atoms with Crippen molar-refractivity contribution in [1.82, 2.24) is 4.57 Å². The molecule has 0 saturated heterocycles.